The predicted molar refractivity (Wildman–Crippen MR) is 107 cm³/mol. The highest BCUT2D eigenvalue weighted by Crippen LogP contribution is 2.18. The number of benzene rings is 1. The molecule has 0 bridgehead atoms. The number of guanidine groups is 1. The normalized spacial score (nSPS) is 11.4. The number of nitrogens with zero attached hydrogens (tertiary/aromatic N) is 4. The number of aryl methyl sites for hydroxylation is 1. The molecule has 3 rings (SSSR count). The van der Waals surface area contributed by atoms with Crippen LogP contribution in [0.1, 0.15) is 15.7 Å². The summed E-state index contributed by atoms with van der Waals surface area (Å²) in [6.07, 6.45) is 2.76. The van der Waals surface area contributed by atoms with Crippen molar-refractivity contribution in [3.63, 3.8) is 0 Å². The van der Waals surface area contributed by atoms with Crippen molar-refractivity contribution >= 4 is 17.3 Å². The number of aromatic amines is 1. The number of hydrogen-bond acceptors (Lipinski definition) is 6. The van der Waals surface area contributed by atoms with Crippen molar-refractivity contribution in [2.45, 2.75) is 19.9 Å². The van der Waals surface area contributed by atoms with E-state index >= 15 is 0 Å². The van der Waals surface area contributed by atoms with Gasteiger partial charge in [0.25, 0.3) is 0 Å². The van der Waals surface area contributed by atoms with E-state index in [2.05, 4.69) is 42.7 Å². The average Bonchev–Trinajstić information content (AvgIpc) is 3.33. The molecule has 1 aromatic carbocycles. The van der Waals surface area contributed by atoms with Crippen LogP contribution in [0, 0.1) is 6.92 Å². The van der Waals surface area contributed by atoms with Gasteiger partial charge < -0.3 is 15.4 Å². The third-order valence-corrected chi connectivity index (χ3v) is 4.80. The summed E-state index contributed by atoms with van der Waals surface area (Å²) in [5, 5.41) is 14.8. The predicted octanol–water partition coefficient (Wildman–Crippen LogP) is 2.15. The summed E-state index contributed by atoms with van der Waals surface area (Å²) < 4.78 is 5.17. The van der Waals surface area contributed by atoms with Crippen LogP contribution in [-0.4, -0.2) is 46.8 Å². The van der Waals surface area contributed by atoms with Crippen molar-refractivity contribution in [3.8, 4) is 17.1 Å². The van der Waals surface area contributed by atoms with Crippen molar-refractivity contribution in [3.05, 3.63) is 46.2 Å². The minimum Gasteiger partial charge on any atom is -0.497 e. The molecule has 0 spiro atoms. The number of aromatic nitrogens is 4. The summed E-state index contributed by atoms with van der Waals surface area (Å²) in [6, 6.07) is 7.64. The van der Waals surface area contributed by atoms with E-state index in [1.807, 2.05) is 30.5 Å². The molecule has 0 saturated carbocycles. The minimum atomic E-state index is 0.499. The van der Waals surface area contributed by atoms with Crippen LogP contribution in [0.25, 0.3) is 11.4 Å². The van der Waals surface area contributed by atoms with Crippen molar-refractivity contribution < 1.29 is 4.74 Å². The van der Waals surface area contributed by atoms with E-state index in [9.17, 15) is 0 Å². The molecule has 9 heteroatoms. The van der Waals surface area contributed by atoms with E-state index in [-0.39, 0.29) is 0 Å². The zero-order chi connectivity index (χ0) is 19.1. The molecule has 0 saturated heterocycles. The Balaban J connectivity index is 1.48. The Bertz CT molecular complexity index is 885. The quantitative estimate of drug-likeness (QED) is 0.426. The zero-order valence-electron chi connectivity index (χ0n) is 15.6. The van der Waals surface area contributed by atoms with Gasteiger partial charge in [-0.2, -0.15) is 5.10 Å². The summed E-state index contributed by atoms with van der Waals surface area (Å²) in [4.78, 5) is 14.3. The first-order chi connectivity index (χ1) is 13.2. The van der Waals surface area contributed by atoms with Gasteiger partial charge in [-0.1, -0.05) is 0 Å². The first-order valence-electron chi connectivity index (χ1n) is 8.59. The Hall–Kier alpha value is -2.94. The Morgan fingerprint density at radius 2 is 2.07 bits per heavy atom. The fourth-order valence-electron chi connectivity index (χ4n) is 2.44. The number of thiazole rings is 1. The Morgan fingerprint density at radius 1 is 1.26 bits per heavy atom. The van der Waals surface area contributed by atoms with Gasteiger partial charge in [0.1, 0.15) is 11.6 Å². The third kappa shape index (κ3) is 5.27. The lowest BCUT2D eigenvalue weighted by molar-refractivity contribution is 0.415. The van der Waals surface area contributed by atoms with E-state index < -0.39 is 0 Å². The molecule has 27 heavy (non-hydrogen) atoms. The Kier molecular flexibility index (Phi) is 6.37. The van der Waals surface area contributed by atoms with Crippen molar-refractivity contribution in [1.29, 1.82) is 0 Å². The largest absolute Gasteiger partial charge is 0.497 e. The van der Waals surface area contributed by atoms with Gasteiger partial charge in [-0.3, -0.25) is 10.1 Å². The maximum atomic E-state index is 5.17. The summed E-state index contributed by atoms with van der Waals surface area (Å²) in [7, 11) is 3.39. The standard InChI is InChI=1S/C18H23N7OS/c1-12-10-21-16(27-12)8-9-20-18(19-2)22-11-15-23-17(25-24-15)13-4-6-14(26-3)7-5-13/h4-7,10H,8-9,11H2,1-3H3,(H2,19,20,22)(H,23,24,25). The molecule has 142 valence electrons. The second kappa shape index (κ2) is 9.13. The van der Waals surface area contributed by atoms with Crippen LogP contribution in [-0.2, 0) is 13.0 Å². The lowest BCUT2D eigenvalue weighted by Gasteiger charge is -2.09. The SMILES string of the molecule is CN=C(NCCc1ncc(C)s1)NCc1nc(-c2ccc(OC)cc2)n[nH]1. The second-order valence-electron chi connectivity index (χ2n) is 5.80. The summed E-state index contributed by atoms with van der Waals surface area (Å²) in [5.41, 5.74) is 0.930. The van der Waals surface area contributed by atoms with Crippen LogP contribution < -0.4 is 15.4 Å². The van der Waals surface area contributed by atoms with Crippen LogP contribution in [0.4, 0.5) is 0 Å². The molecule has 0 aliphatic heterocycles. The van der Waals surface area contributed by atoms with E-state index in [1.165, 1.54) is 4.88 Å². The Morgan fingerprint density at radius 3 is 2.74 bits per heavy atom. The maximum absolute atomic E-state index is 5.17. The van der Waals surface area contributed by atoms with Crippen LogP contribution >= 0.6 is 11.3 Å². The molecule has 8 nitrogen and oxygen atoms in total. The highest BCUT2D eigenvalue weighted by atomic mass is 32.1. The molecular weight excluding hydrogens is 362 g/mol. The van der Waals surface area contributed by atoms with Crippen molar-refractivity contribution in [1.82, 2.24) is 30.8 Å². The molecule has 2 aromatic heterocycles. The van der Waals surface area contributed by atoms with Crippen LogP contribution in [0.3, 0.4) is 0 Å². The van der Waals surface area contributed by atoms with Crippen molar-refractivity contribution in [2.24, 2.45) is 4.99 Å². The topological polar surface area (TPSA) is 100 Å². The molecule has 2 heterocycles. The molecule has 3 N–H and O–H groups in total. The van der Waals surface area contributed by atoms with Gasteiger partial charge in [-0.05, 0) is 31.2 Å². The monoisotopic (exact) mass is 385 g/mol. The van der Waals surface area contributed by atoms with Gasteiger partial charge in [-0.25, -0.2) is 9.97 Å². The van der Waals surface area contributed by atoms with E-state index in [0.29, 0.717) is 18.3 Å². The number of methoxy groups -OCH3 is 1. The van der Waals surface area contributed by atoms with E-state index in [0.717, 1.165) is 35.1 Å². The number of H-pyrrole nitrogens is 1. The van der Waals surface area contributed by atoms with Gasteiger partial charge in [0, 0.05) is 36.7 Å². The van der Waals surface area contributed by atoms with Gasteiger partial charge >= 0.3 is 0 Å². The summed E-state index contributed by atoms with van der Waals surface area (Å²) >= 11 is 1.72. The van der Waals surface area contributed by atoms with Crippen LogP contribution in [0.2, 0.25) is 0 Å². The molecule has 0 unspecified atom stereocenters. The number of nitrogens with one attached hydrogen (secondary N) is 3. The highest BCUT2D eigenvalue weighted by Gasteiger charge is 2.07. The van der Waals surface area contributed by atoms with E-state index in [4.69, 9.17) is 4.74 Å². The lowest BCUT2D eigenvalue weighted by atomic mass is 10.2. The summed E-state index contributed by atoms with van der Waals surface area (Å²) in [5.74, 6) is 2.90. The zero-order valence-corrected chi connectivity index (χ0v) is 16.4. The van der Waals surface area contributed by atoms with Crippen molar-refractivity contribution in [2.75, 3.05) is 20.7 Å². The molecule has 0 fully saturated rings. The Labute approximate surface area is 162 Å². The molecule has 0 radical (unpaired) electrons. The first kappa shape index (κ1) is 18.8. The minimum absolute atomic E-state index is 0.499. The number of ether oxygens (including phenoxy) is 1. The third-order valence-electron chi connectivity index (χ3n) is 3.83. The second-order valence-corrected chi connectivity index (χ2v) is 7.12. The lowest BCUT2D eigenvalue weighted by Crippen LogP contribution is -2.38. The molecular formula is C18H23N7OS. The van der Waals surface area contributed by atoms with Crippen LogP contribution in [0.15, 0.2) is 35.5 Å². The summed E-state index contributed by atoms with van der Waals surface area (Å²) in [6.45, 7) is 3.33. The smallest absolute Gasteiger partial charge is 0.191 e. The fraction of sp³-hybridized carbons (Fsp3) is 0.333. The number of hydrogen-bond donors (Lipinski definition) is 3. The van der Waals surface area contributed by atoms with Gasteiger partial charge in [0.05, 0.1) is 18.7 Å². The van der Waals surface area contributed by atoms with Gasteiger partial charge in [0.2, 0.25) is 0 Å². The maximum Gasteiger partial charge on any atom is 0.191 e. The van der Waals surface area contributed by atoms with Gasteiger partial charge in [0.15, 0.2) is 11.8 Å². The molecule has 0 atom stereocenters. The molecule has 3 aromatic rings. The number of rotatable bonds is 7. The first-order valence-corrected chi connectivity index (χ1v) is 9.41. The molecule has 0 aliphatic rings. The molecule has 0 amide bonds. The van der Waals surface area contributed by atoms with E-state index in [1.54, 1.807) is 25.5 Å². The number of aliphatic imine (C=N–C) groups is 1. The highest BCUT2D eigenvalue weighted by molar-refractivity contribution is 7.11. The average molecular weight is 385 g/mol. The van der Waals surface area contributed by atoms with Gasteiger partial charge in [-0.15, -0.1) is 11.3 Å². The fourth-order valence-corrected chi connectivity index (χ4v) is 3.22. The van der Waals surface area contributed by atoms with Crippen LogP contribution in [0.5, 0.6) is 5.75 Å². The molecule has 0 aliphatic carbocycles.